The largest absolute Gasteiger partial charge is 0.493 e. The SMILES string of the molecule is C[C@@H](NC1CCN(c2ccccn2)CC1)[C@@H]1COc2ccccc21. The Labute approximate surface area is 143 Å². The molecule has 0 spiro atoms. The smallest absolute Gasteiger partial charge is 0.128 e. The number of hydrogen-bond donors (Lipinski definition) is 1. The first-order valence-corrected chi connectivity index (χ1v) is 8.95. The maximum absolute atomic E-state index is 5.84. The van der Waals surface area contributed by atoms with Gasteiger partial charge in [-0.05, 0) is 38.0 Å². The average molecular weight is 323 g/mol. The molecule has 1 saturated heterocycles. The van der Waals surface area contributed by atoms with Crippen LogP contribution in [0.25, 0.3) is 0 Å². The molecule has 0 saturated carbocycles. The number of rotatable bonds is 4. The van der Waals surface area contributed by atoms with Crippen molar-refractivity contribution in [2.75, 3.05) is 24.6 Å². The van der Waals surface area contributed by atoms with Crippen molar-refractivity contribution in [3.8, 4) is 5.75 Å². The van der Waals surface area contributed by atoms with Crippen LogP contribution in [0.3, 0.4) is 0 Å². The zero-order valence-corrected chi connectivity index (χ0v) is 14.2. The van der Waals surface area contributed by atoms with Crippen LogP contribution in [0.4, 0.5) is 5.82 Å². The molecule has 0 bridgehead atoms. The van der Waals surface area contributed by atoms with Crippen LogP contribution in [0.5, 0.6) is 5.75 Å². The van der Waals surface area contributed by atoms with E-state index in [9.17, 15) is 0 Å². The molecular formula is C20H25N3O. The van der Waals surface area contributed by atoms with Crippen molar-refractivity contribution in [2.45, 2.75) is 37.8 Å². The van der Waals surface area contributed by atoms with Crippen molar-refractivity contribution in [3.05, 3.63) is 54.2 Å². The van der Waals surface area contributed by atoms with Crippen LogP contribution < -0.4 is 15.0 Å². The second-order valence-corrected chi connectivity index (χ2v) is 6.86. The van der Waals surface area contributed by atoms with E-state index in [1.807, 2.05) is 18.3 Å². The molecule has 0 unspecified atom stereocenters. The fourth-order valence-electron chi connectivity index (χ4n) is 3.91. The number of piperidine rings is 1. The zero-order valence-electron chi connectivity index (χ0n) is 14.2. The maximum atomic E-state index is 5.84. The molecule has 0 aliphatic carbocycles. The van der Waals surface area contributed by atoms with Gasteiger partial charge in [0, 0.05) is 42.9 Å². The quantitative estimate of drug-likeness (QED) is 0.937. The predicted octanol–water partition coefficient (Wildman–Crippen LogP) is 3.20. The lowest BCUT2D eigenvalue weighted by molar-refractivity contribution is 0.283. The molecule has 0 amide bonds. The van der Waals surface area contributed by atoms with Gasteiger partial charge in [-0.2, -0.15) is 0 Å². The van der Waals surface area contributed by atoms with Crippen LogP contribution in [0, 0.1) is 0 Å². The van der Waals surface area contributed by atoms with E-state index in [1.165, 1.54) is 5.56 Å². The fraction of sp³-hybridized carbons (Fsp3) is 0.450. The van der Waals surface area contributed by atoms with E-state index in [2.05, 4.69) is 52.5 Å². The minimum Gasteiger partial charge on any atom is -0.493 e. The first kappa shape index (κ1) is 15.5. The Morgan fingerprint density at radius 1 is 1.12 bits per heavy atom. The first-order chi connectivity index (χ1) is 11.8. The molecule has 0 radical (unpaired) electrons. The molecule has 4 heteroatoms. The molecule has 3 heterocycles. The Kier molecular flexibility index (Phi) is 4.39. The van der Waals surface area contributed by atoms with Crippen molar-refractivity contribution in [1.82, 2.24) is 10.3 Å². The number of benzene rings is 1. The maximum Gasteiger partial charge on any atom is 0.128 e. The summed E-state index contributed by atoms with van der Waals surface area (Å²) < 4.78 is 5.84. The van der Waals surface area contributed by atoms with Crippen LogP contribution in [-0.4, -0.2) is 36.8 Å². The lowest BCUT2D eigenvalue weighted by atomic mass is 9.93. The Morgan fingerprint density at radius 2 is 1.92 bits per heavy atom. The Bertz CT molecular complexity index is 668. The summed E-state index contributed by atoms with van der Waals surface area (Å²) in [4.78, 5) is 6.85. The molecule has 2 aliphatic heterocycles. The summed E-state index contributed by atoms with van der Waals surface area (Å²) in [5, 5.41) is 3.85. The molecular weight excluding hydrogens is 298 g/mol. The third-order valence-corrected chi connectivity index (χ3v) is 5.31. The van der Waals surface area contributed by atoms with Gasteiger partial charge in [0.1, 0.15) is 11.6 Å². The third kappa shape index (κ3) is 3.11. The summed E-state index contributed by atoms with van der Waals surface area (Å²) in [5.74, 6) is 2.61. The highest BCUT2D eigenvalue weighted by atomic mass is 16.5. The molecule has 2 atom stereocenters. The van der Waals surface area contributed by atoms with Gasteiger partial charge in [0.05, 0.1) is 6.61 Å². The molecule has 1 fully saturated rings. The van der Waals surface area contributed by atoms with Gasteiger partial charge >= 0.3 is 0 Å². The summed E-state index contributed by atoms with van der Waals surface area (Å²) >= 11 is 0. The van der Waals surface area contributed by atoms with E-state index in [0.717, 1.165) is 44.1 Å². The van der Waals surface area contributed by atoms with Crippen molar-refractivity contribution < 1.29 is 4.74 Å². The minimum absolute atomic E-state index is 0.431. The van der Waals surface area contributed by atoms with Gasteiger partial charge in [-0.3, -0.25) is 0 Å². The molecule has 2 aliphatic rings. The van der Waals surface area contributed by atoms with E-state index in [0.29, 0.717) is 18.0 Å². The number of ether oxygens (including phenoxy) is 1. The average Bonchev–Trinajstić information content (AvgIpc) is 3.07. The van der Waals surface area contributed by atoms with E-state index < -0.39 is 0 Å². The molecule has 1 aromatic carbocycles. The van der Waals surface area contributed by atoms with Crippen LogP contribution in [0.1, 0.15) is 31.2 Å². The molecule has 1 aromatic heterocycles. The third-order valence-electron chi connectivity index (χ3n) is 5.31. The monoisotopic (exact) mass is 323 g/mol. The number of hydrogen-bond acceptors (Lipinski definition) is 4. The Morgan fingerprint density at radius 3 is 2.71 bits per heavy atom. The van der Waals surface area contributed by atoms with E-state index in [-0.39, 0.29) is 0 Å². The molecule has 4 nitrogen and oxygen atoms in total. The first-order valence-electron chi connectivity index (χ1n) is 8.95. The summed E-state index contributed by atoms with van der Waals surface area (Å²) in [6.07, 6.45) is 4.20. The highest BCUT2D eigenvalue weighted by Gasteiger charge is 2.30. The highest BCUT2D eigenvalue weighted by molar-refractivity contribution is 5.41. The van der Waals surface area contributed by atoms with Crippen molar-refractivity contribution in [1.29, 1.82) is 0 Å². The van der Waals surface area contributed by atoms with E-state index >= 15 is 0 Å². The van der Waals surface area contributed by atoms with Crippen LogP contribution >= 0.6 is 0 Å². The lowest BCUT2D eigenvalue weighted by Gasteiger charge is -2.35. The molecule has 1 N–H and O–H groups in total. The van der Waals surface area contributed by atoms with Gasteiger partial charge in [-0.15, -0.1) is 0 Å². The fourth-order valence-corrected chi connectivity index (χ4v) is 3.91. The Balaban J connectivity index is 1.33. The van der Waals surface area contributed by atoms with Gasteiger partial charge in [0.15, 0.2) is 0 Å². The molecule has 24 heavy (non-hydrogen) atoms. The van der Waals surface area contributed by atoms with E-state index in [1.54, 1.807) is 0 Å². The normalized spacial score (nSPS) is 22.0. The minimum atomic E-state index is 0.431. The number of aromatic nitrogens is 1. The molecule has 4 rings (SSSR count). The van der Waals surface area contributed by atoms with Crippen LogP contribution in [-0.2, 0) is 0 Å². The zero-order chi connectivity index (χ0) is 16.4. The van der Waals surface area contributed by atoms with Crippen molar-refractivity contribution in [3.63, 3.8) is 0 Å². The number of nitrogens with one attached hydrogen (secondary N) is 1. The van der Waals surface area contributed by atoms with Gasteiger partial charge in [0.2, 0.25) is 0 Å². The standard InChI is InChI=1S/C20H25N3O/c1-15(18-14-24-19-7-3-2-6-17(18)19)22-16-9-12-23(13-10-16)20-8-4-5-11-21-20/h2-8,11,15-16,18,22H,9-10,12-14H2,1H3/t15-,18+/m1/s1. The van der Waals surface area contributed by atoms with Crippen LogP contribution in [0.15, 0.2) is 48.7 Å². The number of para-hydroxylation sites is 1. The van der Waals surface area contributed by atoms with Gasteiger partial charge in [-0.1, -0.05) is 24.3 Å². The number of fused-ring (bicyclic) bond motifs is 1. The van der Waals surface area contributed by atoms with Gasteiger partial charge < -0.3 is 15.0 Å². The summed E-state index contributed by atoms with van der Waals surface area (Å²) in [5.41, 5.74) is 1.35. The van der Waals surface area contributed by atoms with Crippen molar-refractivity contribution in [2.24, 2.45) is 0 Å². The summed E-state index contributed by atoms with van der Waals surface area (Å²) in [6.45, 7) is 5.22. The van der Waals surface area contributed by atoms with E-state index in [4.69, 9.17) is 4.74 Å². The predicted molar refractivity (Wildman–Crippen MR) is 96.7 cm³/mol. The highest BCUT2D eigenvalue weighted by Crippen LogP contribution is 2.35. The topological polar surface area (TPSA) is 37.4 Å². The molecule has 126 valence electrons. The lowest BCUT2D eigenvalue weighted by Crippen LogP contribution is -2.47. The Hall–Kier alpha value is -2.07. The molecule has 2 aromatic rings. The summed E-state index contributed by atoms with van der Waals surface area (Å²) in [7, 11) is 0. The van der Waals surface area contributed by atoms with Crippen molar-refractivity contribution >= 4 is 5.82 Å². The second kappa shape index (κ2) is 6.81. The number of pyridine rings is 1. The van der Waals surface area contributed by atoms with Gasteiger partial charge in [-0.25, -0.2) is 4.98 Å². The van der Waals surface area contributed by atoms with Gasteiger partial charge in [0.25, 0.3) is 0 Å². The second-order valence-electron chi connectivity index (χ2n) is 6.86. The van der Waals surface area contributed by atoms with Crippen LogP contribution in [0.2, 0.25) is 0 Å². The summed E-state index contributed by atoms with van der Waals surface area (Å²) in [6, 6.07) is 15.6. The number of anilines is 1. The number of nitrogens with zero attached hydrogens (tertiary/aromatic N) is 2.